The van der Waals surface area contributed by atoms with Gasteiger partial charge in [-0.3, -0.25) is 8.98 Å². The second-order valence-electron chi connectivity index (χ2n) is 7.11. The summed E-state index contributed by atoms with van der Waals surface area (Å²) in [5.74, 6) is 1.39. The Morgan fingerprint density at radius 2 is 1.78 bits per heavy atom. The van der Waals surface area contributed by atoms with E-state index < -0.39 is 10.1 Å². The lowest BCUT2D eigenvalue weighted by Crippen LogP contribution is -2.32. The number of rotatable bonds is 10. The molecule has 0 radical (unpaired) electrons. The van der Waals surface area contributed by atoms with Crippen LogP contribution in [0.15, 0.2) is 24.3 Å². The minimum absolute atomic E-state index is 0.186. The van der Waals surface area contributed by atoms with E-state index in [4.69, 9.17) is 20.5 Å². The van der Waals surface area contributed by atoms with E-state index in [0.717, 1.165) is 51.3 Å². The van der Waals surface area contributed by atoms with Gasteiger partial charge in [-0.05, 0) is 68.3 Å². The number of hydrogen-bond donors (Lipinski definition) is 1. The van der Waals surface area contributed by atoms with Crippen molar-refractivity contribution in [3.63, 3.8) is 0 Å². The van der Waals surface area contributed by atoms with Crippen LogP contribution in [0.3, 0.4) is 0 Å². The number of hydrogen-bond acceptors (Lipinski definition) is 6. The topological polar surface area (TPSA) is 81.7 Å². The number of ether oxygens (including phenoxy) is 1. The molecule has 0 heterocycles. The zero-order chi connectivity index (χ0) is 19.7. The van der Waals surface area contributed by atoms with Gasteiger partial charge in [0.15, 0.2) is 0 Å². The van der Waals surface area contributed by atoms with Gasteiger partial charge in [-0.1, -0.05) is 24.4 Å². The first-order chi connectivity index (χ1) is 12.8. The molecule has 1 aliphatic carbocycles. The van der Waals surface area contributed by atoms with Crippen LogP contribution >= 0.6 is 11.6 Å². The minimum Gasteiger partial charge on any atom is -0.426 e. The lowest BCUT2D eigenvalue weighted by Gasteiger charge is -2.28. The molecule has 1 aliphatic rings. The van der Waals surface area contributed by atoms with Gasteiger partial charge in [0.25, 0.3) is 10.1 Å². The standard InChI is InChI=1S/C19H28ClNO5S/c1-27(23,24)25-12-2-3-15-4-6-16(7-5-15)13-21-14-19(22)26-18-10-8-17(20)9-11-18/h8-11,15-16,21H,2-7,12-14H2,1H3. The van der Waals surface area contributed by atoms with Gasteiger partial charge in [0.05, 0.1) is 19.4 Å². The second kappa shape index (κ2) is 11.0. The van der Waals surface area contributed by atoms with E-state index >= 15 is 0 Å². The average molecular weight is 418 g/mol. The summed E-state index contributed by atoms with van der Waals surface area (Å²) in [4.78, 5) is 11.8. The van der Waals surface area contributed by atoms with E-state index in [0.29, 0.717) is 22.6 Å². The predicted molar refractivity (Wildman–Crippen MR) is 105 cm³/mol. The third-order valence-electron chi connectivity index (χ3n) is 4.77. The Balaban J connectivity index is 1.54. The van der Waals surface area contributed by atoms with Crippen molar-refractivity contribution in [2.24, 2.45) is 11.8 Å². The number of benzene rings is 1. The van der Waals surface area contributed by atoms with Gasteiger partial charge in [-0.15, -0.1) is 0 Å². The highest BCUT2D eigenvalue weighted by Crippen LogP contribution is 2.31. The van der Waals surface area contributed by atoms with Crippen LogP contribution in [0.4, 0.5) is 0 Å². The third-order valence-corrected chi connectivity index (χ3v) is 5.61. The van der Waals surface area contributed by atoms with E-state index in [9.17, 15) is 13.2 Å². The quantitative estimate of drug-likeness (QED) is 0.272. The maximum atomic E-state index is 11.8. The third kappa shape index (κ3) is 9.55. The SMILES string of the molecule is CS(=O)(=O)OCCCC1CCC(CNCC(=O)Oc2ccc(Cl)cc2)CC1. The Morgan fingerprint density at radius 3 is 2.41 bits per heavy atom. The second-order valence-corrected chi connectivity index (χ2v) is 9.19. The number of carbonyl (C=O) groups is 1. The van der Waals surface area contributed by atoms with Crippen molar-refractivity contribution in [1.82, 2.24) is 5.32 Å². The molecule has 0 spiro atoms. The van der Waals surface area contributed by atoms with Gasteiger partial charge in [0, 0.05) is 5.02 Å². The fourth-order valence-electron chi connectivity index (χ4n) is 3.36. The summed E-state index contributed by atoms with van der Waals surface area (Å²) in [6, 6.07) is 6.71. The predicted octanol–water partition coefficient (Wildman–Crippen LogP) is 3.40. The van der Waals surface area contributed by atoms with E-state index in [1.165, 1.54) is 0 Å². The van der Waals surface area contributed by atoms with Gasteiger partial charge in [0.1, 0.15) is 5.75 Å². The van der Waals surface area contributed by atoms with Crippen LogP contribution in [0.5, 0.6) is 5.75 Å². The fraction of sp³-hybridized carbons (Fsp3) is 0.632. The first-order valence-electron chi connectivity index (χ1n) is 9.33. The van der Waals surface area contributed by atoms with Crippen LogP contribution in [0.1, 0.15) is 38.5 Å². The summed E-state index contributed by atoms with van der Waals surface area (Å²) in [5.41, 5.74) is 0. The molecule has 6 nitrogen and oxygen atoms in total. The summed E-state index contributed by atoms with van der Waals surface area (Å²) in [6.45, 7) is 1.26. The number of nitrogens with one attached hydrogen (secondary N) is 1. The summed E-state index contributed by atoms with van der Waals surface area (Å²) in [5, 5.41) is 3.79. The van der Waals surface area contributed by atoms with Crippen molar-refractivity contribution < 1.29 is 22.1 Å². The van der Waals surface area contributed by atoms with Gasteiger partial charge in [0.2, 0.25) is 0 Å². The molecule has 1 aromatic rings. The summed E-state index contributed by atoms with van der Waals surface area (Å²) < 4.78 is 31.9. The highest BCUT2D eigenvalue weighted by molar-refractivity contribution is 7.85. The van der Waals surface area contributed by atoms with Crippen LogP contribution < -0.4 is 10.1 Å². The van der Waals surface area contributed by atoms with Crippen LogP contribution in [0, 0.1) is 11.8 Å². The Labute approximate surface area is 166 Å². The largest absolute Gasteiger partial charge is 0.426 e. The summed E-state index contributed by atoms with van der Waals surface area (Å²) >= 11 is 5.80. The normalized spacial score (nSPS) is 20.4. The van der Waals surface area contributed by atoms with Gasteiger partial charge < -0.3 is 10.1 Å². The molecule has 0 saturated heterocycles. The van der Waals surface area contributed by atoms with Gasteiger partial charge in [-0.2, -0.15) is 8.42 Å². The molecule has 0 atom stereocenters. The highest BCUT2D eigenvalue weighted by Gasteiger charge is 2.21. The Kier molecular flexibility index (Phi) is 9.02. The molecule has 1 N–H and O–H groups in total. The molecule has 27 heavy (non-hydrogen) atoms. The van der Waals surface area contributed by atoms with Crippen molar-refractivity contribution in [2.45, 2.75) is 38.5 Å². The Bertz CT molecular complexity index is 685. The maximum Gasteiger partial charge on any atom is 0.325 e. The van der Waals surface area contributed by atoms with E-state index in [1.807, 2.05) is 0 Å². The fourth-order valence-corrected chi connectivity index (χ4v) is 3.90. The lowest BCUT2D eigenvalue weighted by molar-refractivity contribution is -0.133. The molecule has 8 heteroatoms. The monoisotopic (exact) mass is 417 g/mol. The summed E-state index contributed by atoms with van der Waals surface area (Å²) in [7, 11) is -3.33. The smallest absolute Gasteiger partial charge is 0.325 e. The highest BCUT2D eigenvalue weighted by atomic mass is 35.5. The van der Waals surface area contributed by atoms with Crippen LogP contribution in [0.25, 0.3) is 0 Å². The molecule has 2 rings (SSSR count). The molecule has 152 valence electrons. The molecule has 0 amide bonds. The maximum absolute atomic E-state index is 11.8. The number of esters is 1. The van der Waals surface area contributed by atoms with Crippen molar-refractivity contribution >= 4 is 27.7 Å². The van der Waals surface area contributed by atoms with Crippen molar-refractivity contribution in [2.75, 3.05) is 26.0 Å². The average Bonchev–Trinajstić information content (AvgIpc) is 2.61. The van der Waals surface area contributed by atoms with Crippen molar-refractivity contribution in [1.29, 1.82) is 0 Å². The van der Waals surface area contributed by atoms with Crippen LogP contribution in [-0.2, 0) is 19.1 Å². The molecular formula is C19H28ClNO5S. The molecule has 1 fully saturated rings. The molecule has 1 saturated carbocycles. The van der Waals surface area contributed by atoms with Crippen molar-refractivity contribution in [3.05, 3.63) is 29.3 Å². The minimum atomic E-state index is -3.33. The number of carbonyl (C=O) groups excluding carboxylic acids is 1. The van der Waals surface area contributed by atoms with Crippen LogP contribution in [-0.4, -0.2) is 40.3 Å². The number of halogens is 1. The first kappa shape index (κ1) is 22.1. The molecule has 0 aromatic heterocycles. The molecular weight excluding hydrogens is 390 g/mol. The zero-order valence-electron chi connectivity index (χ0n) is 15.7. The zero-order valence-corrected chi connectivity index (χ0v) is 17.2. The van der Waals surface area contributed by atoms with Gasteiger partial charge >= 0.3 is 5.97 Å². The molecule has 1 aromatic carbocycles. The molecule has 0 bridgehead atoms. The molecule has 0 unspecified atom stereocenters. The lowest BCUT2D eigenvalue weighted by atomic mass is 9.80. The molecule has 0 aliphatic heterocycles. The Morgan fingerprint density at radius 1 is 1.15 bits per heavy atom. The van der Waals surface area contributed by atoms with E-state index in [-0.39, 0.29) is 19.1 Å². The first-order valence-corrected chi connectivity index (χ1v) is 11.5. The van der Waals surface area contributed by atoms with Gasteiger partial charge in [-0.25, -0.2) is 0 Å². The van der Waals surface area contributed by atoms with Crippen molar-refractivity contribution in [3.8, 4) is 5.75 Å². The Hall–Kier alpha value is -1.15. The van der Waals surface area contributed by atoms with Crippen LogP contribution in [0.2, 0.25) is 5.02 Å². The van der Waals surface area contributed by atoms with E-state index in [1.54, 1.807) is 24.3 Å². The van der Waals surface area contributed by atoms with E-state index in [2.05, 4.69) is 5.32 Å². The summed E-state index contributed by atoms with van der Waals surface area (Å²) in [6.07, 6.45) is 7.38.